The second-order valence-corrected chi connectivity index (χ2v) is 3.69. The average molecular weight is 214 g/mol. The second kappa shape index (κ2) is 5.09. The first kappa shape index (κ1) is 11.9. The number of rotatable bonds is 4. The smallest absolute Gasteiger partial charge is 0.236 e. The molecule has 0 aromatic rings. The molecule has 5 N–H and O–H groups in total. The minimum atomic E-state index is -0.434. The predicted molar refractivity (Wildman–Crippen MR) is 55.8 cm³/mol. The molecule has 1 fully saturated rings. The molecule has 1 aliphatic heterocycles. The van der Waals surface area contributed by atoms with Gasteiger partial charge in [0.2, 0.25) is 11.8 Å². The number of nitrogens with zero attached hydrogens (tertiary/aromatic N) is 1. The minimum absolute atomic E-state index is 0.398. The standard InChI is InChI=1S/C9H18N4O2/c1-2-6(8(10)14)13-4-3-12-5-7(13)9(11)15/h6-7,12H,2-5H2,1H3,(H2,10,14)(H2,11,15). The molecule has 86 valence electrons. The van der Waals surface area contributed by atoms with E-state index in [9.17, 15) is 9.59 Å². The Morgan fingerprint density at radius 1 is 1.53 bits per heavy atom. The van der Waals surface area contributed by atoms with Crippen molar-refractivity contribution in [1.29, 1.82) is 0 Å². The van der Waals surface area contributed by atoms with Crippen LogP contribution in [0.5, 0.6) is 0 Å². The molecule has 1 aliphatic rings. The molecule has 6 nitrogen and oxygen atoms in total. The fourth-order valence-electron chi connectivity index (χ4n) is 1.96. The lowest BCUT2D eigenvalue weighted by Gasteiger charge is -2.38. The zero-order chi connectivity index (χ0) is 11.4. The van der Waals surface area contributed by atoms with Gasteiger partial charge in [-0.25, -0.2) is 0 Å². The maximum Gasteiger partial charge on any atom is 0.236 e. The van der Waals surface area contributed by atoms with Crippen molar-refractivity contribution in [2.75, 3.05) is 19.6 Å². The van der Waals surface area contributed by atoms with Crippen LogP contribution in [0.1, 0.15) is 13.3 Å². The number of nitrogens with one attached hydrogen (secondary N) is 1. The third-order valence-electron chi connectivity index (χ3n) is 2.73. The number of hydrogen-bond acceptors (Lipinski definition) is 4. The van der Waals surface area contributed by atoms with Gasteiger partial charge in [0, 0.05) is 19.6 Å². The largest absolute Gasteiger partial charge is 0.368 e. The van der Waals surface area contributed by atoms with Crippen molar-refractivity contribution in [3.63, 3.8) is 0 Å². The van der Waals surface area contributed by atoms with Crippen molar-refractivity contribution >= 4 is 11.8 Å². The van der Waals surface area contributed by atoms with E-state index < -0.39 is 23.9 Å². The SMILES string of the molecule is CCC(C(N)=O)N1CCNCC1C(N)=O. The number of nitrogens with two attached hydrogens (primary N) is 2. The van der Waals surface area contributed by atoms with Crippen LogP contribution in [0.2, 0.25) is 0 Å². The summed E-state index contributed by atoms with van der Waals surface area (Å²) in [4.78, 5) is 24.2. The predicted octanol–water partition coefficient (Wildman–Crippen LogP) is -1.99. The van der Waals surface area contributed by atoms with Crippen molar-refractivity contribution in [3.8, 4) is 0 Å². The molecule has 1 saturated heterocycles. The van der Waals surface area contributed by atoms with Crippen LogP contribution in [0.4, 0.5) is 0 Å². The first-order valence-corrected chi connectivity index (χ1v) is 5.13. The minimum Gasteiger partial charge on any atom is -0.368 e. The second-order valence-electron chi connectivity index (χ2n) is 3.69. The zero-order valence-electron chi connectivity index (χ0n) is 8.90. The van der Waals surface area contributed by atoms with Crippen molar-refractivity contribution in [2.24, 2.45) is 11.5 Å². The van der Waals surface area contributed by atoms with Gasteiger partial charge in [0.15, 0.2) is 0 Å². The van der Waals surface area contributed by atoms with Crippen LogP contribution in [0.15, 0.2) is 0 Å². The molecule has 0 radical (unpaired) electrons. The highest BCUT2D eigenvalue weighted by Gasteiger charge is 2.33. The Kier molecular flexibility index (Phi) is 4.05. The lowest BCUT2D eigenvalue weighted by atomic mass is 10.1. The maximum absolute atomic E-state index is 11.2. The molecule has 6 heteroatoms. The number of amides is 2. The summed E-state index contributed by atoms with van der Waals surface area (Å²) in [5.74, 6) is -0.812. The van der Waals surface area contributed by atoms with Gasteiger partial charge in [0.25, 0.3) is 0 Å². The Hall–Kier alpha value is -1.14. The average Bonchev–Trinajstić information content (AvgIpc) is 2.18. The Bertz CT molecular complexity index is 240. The molecule has 2 atom stereocenters. The Morgan fingerprint density at radius 3 is 2.67 bits per heavy atom. The van der Waals surface area contributed by atoms with E-state index in [4.69, 9.17) is 11.5 Å². The molecular weight excluding hydrogens is 196 g/mol. The summed E-state index contributed by atoms with van der Waals surface area (Å²) in [5, 5.41) is 3.07. The quantitative estimate of drug-likeness (QED) is 0.504. The third kappa shape index (κ3) is 2.66. The zero-order valence-corrected chi connectivity index (χ0v) is 8.90. The van der Waals surface area contributed by atoms with E-state index in [1.807, 2.05) is 6.92 Å². The van der Waals surface area contributed by atoms with Crippen molar-refractivity contribution in [3.05, 3.63) is 0 Å². The number of carbonyl (C=O) groups is 2. The summed E-state index contributed by atoms with van der Waals surface area (Å²) >= 11 is 0. The van der Waals surface area contributed by atoms with E-state index in [0.717, 1.165) is 6.54 Å². The van der Waals surface area contributed by atoms with Crippen LogP contribution in [0, 0.1) is 0 Å². The van der Waals surface area contributed by atoms with Crippen LogP contribution < -0.4 is 16.8 Å². The van der Waals surface area contributed by atoms with Crippen molar-refractivity contribution in [2.45, 2.75) is 25.4 Å². The summed E-state index contributed by atoms with van der Waals surface area (Å²) < 4.78 is 0. The molecule has 2 amide bonds. The molecule has 2 unspecified atom stereocenters. The summed E-state index contributed by atoms with van der Waals surface area (Å²) in [6.45, 7) is 3.72. The number of piperazine rings is 1. The van der Waals surface area contributed by atoms with Gasteiger partial charge >= 0.3 is 0 Å². The maximum atomic E-state index is 11.2. The van der Waals surface area contributed by atoms with Gasteiger partial charge in [-0.15, -0.1) is 0 Å². The molecule has 1 heterocycles. The molecule has 0 aromatic carbocycles. The highest BCUT2D eigenvalue weighted by molar-refractivity contribution is 5.83. The van der Waals surface area contributed by atoms with Crippen molar-refractivity contribution in [1.82, 2.24) is 10.2 Å². The van der Waals surface area contributed by atoms with E-state index in [2.05, 4.69) is 5.32 Å². The van der Waals surface area contributed by atoms with Gasteiger partial charge in [-0.3, -0.25) is 14.5 Å². The summed E-state index contributed by atoms with van der Waals surface area (Å²) in [7, 11) is 0. The van der Waals surface area contributed by atoms with Crippen molar-refractivity contribution < 1.29 is 9.59 Å². The van der Waals surface area contributed by atoms with E-state index in [1.165, 1.54) is 0 Å². The van der Waals surface area contributed by atoms with Gasteiger partial charge < -0.3 is 16.8 Å². The number of hydrogen-bond donors (Lipinski definition) is 3. The first-order chi connectivity index (χ1) is 7.07. The summed E-state index contributed by atoms with van der Waals surface area (Å²) in [6.07, 6.45) is 0.596. The van der Waals surface area contributed by atoms with E-state index in [-0.39, 0.29) is 0 Å². The topological polar surface area (TPSA) is 101 Å². The van der Waals surface area contributed by atoms with Crippen LogP contribution in [0.3, 0.4) is 0 Å². The van der Waals surface area contributed by atoms with Gasteiger partial charge in [-0.05, 0) is 6.42 Å². The van der Waals surface area contributed by atoms with Crippen LogP contribution in [-0.2, 0) is 9.59 Å². The lowest BCUT2D eigenvalue weighted by molar-refractivity contribution is -0.130. The monoisotopic (exact) mass is 214 g/mol. The third-order valence-corrected chi connectivity index (χ3v) is 2.73. The van der Waals surface area contributed by atoms with Crippen LogP contribution >= 0.6 is 0 Å². The van der Waals surface area contributed by atoms with Gasteiger partial charge in [0.1, 0.15) is 6.04 Å². The summed E-state index contributed by atoms with van der Waals surface area (Å²) in [6, 6.07) is -0.833. The molecule has 1 rings (SSSR count). The molecular formula is C9H18N4O2. The fourth-order valence-corrected chi connectivity index (χ4v) is 1.96. The van der Waals surface area contributed by atoms with Crippen LogP contribution in [-0.4, -0.2) is 48.4 Å². The molecule has 0 aliphatic carbocycles. The molecule has 0 bridgehead atoms. The Labute approximate surface area is 89.0 Å². The van der Waals surface area contributed by atoms with Gasteiger partial charge in [-0.1, -0.05) is 6.92 Å². The Morgan fingerprint density at radius 2 is 2.20 bits per heavy atom. The Balaban J connectivity index is 2.78. The van der Waals surface area contributed by atoms with E-state index in [1.54, 1.807) is 4.90 Å². The van der Waals surface area contributed by atoms with Crippen LogP contribution in [0.25, 0.3) is 0 Å². The molecule has 0 saturated carbocycles. The van der Waals surface area contributed by atoms with Gasteiger partial charge in [-0.2, -0.15) is 0 Å². The first-order valence-electron chi connectivity index (χ1n) is 5.13. The number of carbonyl (C=O) groups excluding carboxylic acids is 2. The highest BCUT2D eigenvalue weighted by atomic mass is 16.2. The molecule has 15 heavy (non-hydrogen) atoms. The van der Waals surface area contributed by atoms with Gasteiger partial charge in [0.05, 0.1) is 6.04 Å². The van der Waals surface area contributed by atoms with E-state index in [0.29, 0.717) is 19.5 Å². The number of primary amides is 2. The van der Waals surface area contributed by atoms with E-state index >= 15 is 0 Å². The lowest BCUT2D eigenvalue weighted by Crippen LogP contribution is -2.62. The fraction of sp³-hybridized carbons (Fsp3) is 0.778. The molecule has 0 aromatic heterocycles. The normalized spacial score (nSPS) is 24.7. The highest BCUT2D eigenvalue weighted by Crippen LogP contribution is 2.11. The summed E-state index contributed by atoms with van der Waals surface area (Å²) in [5.41, 5.74) is 10.6. The molecule has 0 spiro atoms.